The average Bonchev–Trinajstić information content (AvgIpc) is 2.37. The fourth-order valence-electron chi connectivity index (χ4n) is 3.31. The molecule has 2 aliphatic rings. The molecule has 1 aliphatic heterocycles. The number of rotatable bonds is 2. The summed E-state index contributed by atoms with van der Waals surface area (Å²) in [4.78, 5) is 26.5. The highest BCUT2D eigenvalue weighted by Crippen LogP contribution is 2.35. The average molecular weight is 253 g/mol. The van der Waals surface area contributed by atoms with Crippen LogP contribution in [0.2, 0.25) is 0 Å². The van der Waals surface area contributed by atoms with Gasteiger partial charge >= 0.3 is 6.03 Å². The summed E-state index contributed by atoms with van der Waals surface area (Å²) in [6.07, 6.45) is 7.23. The second kappa shape index (κ2) is 5.59. The van der Waals surface area contributed by atoms with E-state index < -0.39 is 6.03 Å². The Morgan fingerprint density at radius 3 is 2.61 bits per heavy atom. The number of hydrogen-bond acceptors (Lipinski definition) is 2. The lowest BCUT2D eigenvalue weighted by atomic mass is 9.78. The third-order valence-electron chi connectivity index (χ3n) is 4.31. The lowest BCUT2D eigenvalue weighted by molar-refractivity contribution is -0.137. The van der Waals surface area contributed by atoms with Crippen molar-refractivity contribution in [2.45, 2.75) is 44.6 Å². The summed E-state index contributed by atoms with van der Waals surface area (Å²) in [5, 5.41) is 0. The van der Waals surface area contributed by atoms with Gasteiger partial charge in [0.1, 0.15) is 6.54 Å². The topological polar surface area (TPSA) is 66.6 Å². The number of amides is 3. The van der Waals surface area contributed by atoms with Gasteiger partial charge in [-0.3, -0.25) is 4.79 Å². The molecule has 5 heteroatoms. The summed E-state index contributed by atoms with van der Waals surface area (Å²) < 4.78 is 0. The zero-order valence-electron chi connectivity index (χ0n) is 11.1. The van der Waals surface area contributed by atoms with Crippen LogP contribution < -0.4 is 5.73 Å². The fourth-order valence-corrected chi connectivity index (χ4v) is 3.31. The number of likely N-dealkylation sites (N-methyl/N-ethyl adjacent to an activating group) is 1. The number of hydrogen-bond donors (Lipinski definition) is 1. The highest BCUT2D eigenvalue weighted by atomic mass is 16.2. The van der Waals surface area contributed by atoms with Crippen LogP contribution in [-0.4, -0.2) is 47.9 Å². The van der Waals surface area contributed by atoms with Crippen molar-refractivity contribution in [3.8, 4) is 0 Å². The first-order valence-electron chi connectivity index (χ1n) is 6.89. The summed E-state index contributed by atoms with van der Waals surface area (Å²) in [5.41, 5.74) is 5.16. The Balaban J connectivity index is 1.97. The predicted octanol–water partition coefficient (Wildman–Crippen LogP) is 1.18. The number of nitrogens with zero attached hydrogens (tertiary/aromatic N) is 2. The molecule has 0 aromatic rings. The van der Waals surface area contributed by atoms with Gasteiger partial charge in [-0.05, 0) is 31.6 Å². The molecule has 3 amide bonds. The maximum atomic E-state index is 12.2. The molecule has 5 nitrogen and oxygen atoms in total. The molecule has 2 atom stereocenters. The number of likely N-dealkylation sites (tertiary alicyclic amines) is 1. The van der Waals surface area contributed by atoms with Crippen LogP contribution in [0.25, 0.3) is 0 Å². The zero-order valence-corrected chi connectivity index (χ0v) is 11.1. The molecule has 2 fully saturated rings. The van der Waals surface area contributed by atoms with E-state index in [0.29, 0.717) is 12.0 Å². The van der Waals surface area contributed by atoms with E-state index in [1.165, 1.54) is 30.6 Å². The van der Waals surface area contributed by atoms with Gasteiger partial charge in [-0.2, -0.15) is 0 Å². The Morgan fingerprint density at radius 2 is 1.89 bits per heavy atom. The molecule has 0 radical (unpaired) electrons. The lowest BCUT2D eigenvalue weighted by Gasteiger charge is -2.44. The van der Waals surface area contributed by atoms with Gasteiger partial charge < -0.3 is 15.5 Å². The molecular formula is C13H23N3O2. The van der Waals surface area contributed by atoms with Crippen molar-refractivity contribution >= 4 is 11.9 Å². The van der Waals surface area contributed by atoms with E-state index >= 15 is 0 Å². The van der Waals surface area contributed by atoms with Crippen LogP contribution in [0.3, 0.4) is 0 Å². The third-order valence-corrected chi connectivity index (χ3v) is 4.31. The molecule has 1 heterocycles. The first-order valence-corrected chi connectivity index (χ1v) is 6.89. The SMILES string of the molecule is CN(CC(=O)N1CCC[C@@H]2CCCC[C@H]21)C(N)=O. The van der Waals surface area contributed by atoms with Gasteiger partial charge in [-0.25, -0.2) is 4.79 Å². The van der Waals surface area contributed by atoms with E-state index in [9.17, 15) is 9.59 Å². The van der Waals surface area contributed by atoms with Crippen LogP contribution in [0, 0.1) is 5.92 Å². The Labute approximate surface area is 108 Å². The molecule has 102 valence electrons. The first kappa shape index (κ1) is 13.2. The Kier molecular flexibility index (Phi) is 4.09. The molecule has 0 aromatic heterocycles. The Hall–Kier alpha value is -1.26. The molecule has 0 spiro atoms. The molecular weight excluding hydrogens is 230 g/mol. The van der Waals surface area contributed by atoms with Crippen LogP contribution in [0.5, 0.6) is 0 Å². The quantitative estimate of drug-likeness (QED) is 0.803. The molecule has 0 unspecified atom stereocenters. The van der Waals surface area contributed by atoms with Crippen LogP contribution >= 0.6 is 0 Å². The first-order chi connectivity index (χ1) is 8.59. The van der Waals surface area contributed by atoms with Gasteiger partial charge in [-0.1, -0.05) is 12.8 Å². The van der Waals surface area contributed by atoms with E-state index in [1.54, 1.807) is 7.05 Å². The number of piperidine rings is 1. The molecule has 1 aliphatic carbocycles. The molecule has 0 aromatic carbocycles. The highest BCUT2D eigenvalue weighted by molar-refractivity contribution is 5.83. The van der Waals surface area contributed by atoms with Crippen molar-refractivity contribution in [3.63, 3.8) is 0 Å². The van der Waals surface area contributed by atoms with Crippen molar-refractivity contribution in [2.75, 3.05) is 20.1 Å². The summed E-state index contributed by atoms with van der Waals surface area (Å²) >= 11 is 0. The molecule has 2 N–H and O–H groups in total. The third kappa shape index (κ3) is 2.76. The minimum atomic E-state index is -0.541. The number of nitrogens with two attached hydrogens (primary N) is 1. The van der Waals surface area contributed by atoms with Gasteiger partial charge in [0.05, 0.1) is 0 Å². The molecule has 18 heavy (non-hydrogen) atoms. The van der Waals surface area contributed by atoms with Gasteiger partial charge in [0, 0.05) is 19.6 Å². The summed E-state index contributed by atoms with van der Waals surface area (Å²) in [6, 6.07) is -0.137. The van der Waals surface area contributed by atoms with Crippen molar-refractivity contribution in [2.24, 2.45) is 11.7 Å². The van der Waals surface area contributed by atoms with Gasteiger partial charge in [0.15, 0.2) is 0 Å². The van der Waals surface area contributed by atoms with E-state index in [-0.39, 0.29) is 12.5 Å². The van der Waals surface area contributed by atoms with Crippen molar-refractivity contribution < 1.29 is 9.59 Å². The molecule has 0 bridgehead atoms. The Bertz CT molecular complexity index is 330. The van der Waals surface area contributed by atoms with Crippen LogP contribution in [-0.2, 0) is 4.79 Å². The number of fused-ring (bicyclic) bond motifs is 1. The van der Waals surface area contributed by atoms with Crippen LogP contribution in [0.1, 0.15) is 38.5 Å². The maximum absolute atomic E-state index is 12.2. The molecule has 1 saturated carbocycles. The molecule has 1 saturated heterocycles. The summed E-state index contributed by atoms with van der Waals surface area (Å²) in [6.45, 7) is 0.950. The Morgan fingerprint density at radius 1 is 1.22 bits per heavy atom. The number of carbonyl (C=O) groups is 2. The smallest absolute Gasteiger partial charge is 0.314 e. The van der Waals surface area contributed by atoms with Crippen molar-refractivity contribution in [3.05, 3.63) is 0 Å². The maximum Gasteiger partial charge on any atom is 0.314 e. The van der Waals surface area contributed by atoms with Crippen molar-refractivity contribution in [1.82, 2.24) is 9.80 Å². The summed E-state index contributed by atoms with van der Waals surface area (Å²) in [7, 11) is 1.57. The largest absolute Gasteiger partial charge is 0.351 e. The molecule has 2 rings (SSSR count). The second-order valence-corrected chi connectivity index (χ2v) is 5.54. The van der Waals surface area contributed by atoms with Crippen LogP contribution in [0.4, 0.5) is 4.79 Å². The summed E-state index contributed by atoms with van der Waals surface area (Å²) in [5.74, 6) is 0.725. The van der Waals surface area contributed by atoms with Crippen molar-refractivity contribution in [1.29, 1.82) is 0 Å². The highest BCUT2D eigenvalue weighted by Gasteiger charge is 2.35. The van der Waals surface area contributed by atoms with Gasteiger partial charge in [0.25, 0.3) is 0 Å². The lowest BCUT2D eigenvalue weighted by Crippen LogP contribution is -2.53. The van der Waals surface area contributed by atoms with Gasteiger partial charge in [0.2, 0.25) is 5.91 Å². The van der Waals surface area contributed by atoms with Crippen LogP contribution in [0.15, 0.2) is 0 Å². The minimum Gasteiger partial charge on any atom is -0.351 e. The van der Waals surface area contributed by atoms with E-state index in [2.05, 4.69) is 0 Å². The number of primary amides is 1. The minimum absolute atomic E-state index is 0.0490. The standard InChI is InChI=1S/C13H23N3O2/c1-15(13(14)18)9-12(17)16-8-4-6-10-5-2-3-7-11(10)16/h10-11H,2-9H2,1H3,(H2,14,18)/t10-,11+/m0/s1. The monoisotopic (exact) mass is 253 g/mol. The van der Waals surface area contributed by atoms with E-state index in [0.717, 1.165) is 19.4 Å². The number of carbonyl (C=O) groups excluding carboxylic acids is 2. The zero-order chi connectivity index (χ0) is 13.1. The van der Waals surface area contributed by atoms with E-state index in [4.69, 9.17) is 5.73 Å². The predicted molar refractivity (Wildman–Crippen MR) is 68.9 cm³/mol. The van der Waals surface area contributed by atoms with Gasteiger partial charge in [-0.15, -0.1) is 0 Å². The normalized spacial score (nSPS) is 27.5. The second-order valence-electron chi connectivity index (χ2n) is 5.54. The number of urea groups is 1. The van der Waals surface area contributed by atoms with E-state index in [1.807, 2.05) is 4.90 Å². The fraction of sp³-hybridized carbons (Fsp3) is 0.846.